The average Bonchev–Trinajstić information content (AvgIpc) is 2.56. The van der Waals surface area contributed by atoms with Crippen molar-refractivity contribution in [2.45, 2.75) is 66.4 Å². The van der Waals surface area contributed by atoms with Crippen LogP contribution in [0.2, 0.25) is 6.55 Å². The zero-order valence-electron chi connectivity index (χ0n) is 18.6. The summed E-state index contributed by atoms with van der Waals surface area (Å²) in [7, 11) is -0.222. The molecule has 1 aromatic carbocycles. The molecule has 8 heteroatoms. The van der Waals surface area contributed by atoms with Crippen molar-refractivity contribution >= 4 is 22.8 Å². The molecule has 0 aliphatic heterocycles. The summed E-state index contributed by atoms with van der Waals surface area (Å²) in [6.45, 7) is 13.9. The van der Waals surface area contributed by atoms with Gasteiger partial charge in [0.15, 0.2) is 0 Å². The van der Waals surface area contributed by atoms with Crippen LogP contribution in [0.25, 0.3) is 0 Å². The van der Waals surface area contributed by atoms with Gasteiger partial charge in [-0.05, 0) is 41.5 Å². The second kappa shape index (κ2) is 12.8. The molecule has 0 aliphatic rings. The molecule has 0 fully saturated rings. The standard InChI is InChI=1S/C10H24O3Si.C9H14O3Si/c1-8(2)11-14(7,12-9(3)4)13-10(5)6;1-10-13(11-2,12-3)9-7-5-4-6-8-9/h8-10H,1-7H3;4-8H,1-3H3. The van der Waals surface area contributed by atoms with E-state index in [4.69, 9.17) is 26.6 Å². The van der Waals surface area contributed by atoms with Crippen molar-refractivity contribution in [3.05, 3.63) is 30.3 Å². The van der Waals surface area contributed by atoms with E-state index in [0.717, 1.165) is 5.19 Å². The highest BCUT2D eigenvalue weighted by molar-refractivity contribution is 6.75. The molecule has 0 saturated heterocycles. The molecule has 0 N–H and O–H groups in total. The quantitative estimate of drug-likeness (QED) is 0.541. The summed E-state index contributed by atoms with van der Waals surface area (Å²) < 4.78 is 33.2. The summed E-state index contributed by atoms with van der Waals surface area (Å²) >= 11 is 0. The topological polar surface area (TPSA) is 55.4 Å². The number of rotatable bonds is 10. The number of benzene rings is 1. The van der Waals surface area contributed by atoms with Crippen molar-refractivity contribution in [2.24, 2.45) is 0 Å². The predicted octanol–water partition coefficient (Wildman–Crippen LogP) is 3.60. The Morgan fingerprint density at radius 3 is 1.22 bits per heavy atom. The van der Waals surface area contributed by atoms with E-state index in [1.807, 2.05) is 78.4 Å². The van der Waals surface area contributed by atoms with Crippen LogP contribution in [0.1, 0.15) is 41.5 Å². The first-order valence-electron chi connectivity index (χ1n) is 9.28. The molecule has 0 aliphatic carbocycles. The van der Waals surface area contributed by atoms with E-state index >= 15 is 0 Å². The van der Waals surface area contributed by atoms with E-state index < -0.39 is 17.6 Å². The van der Waals surface area contributed by atoms with Crippen molar-refractivity contribution in [3.8, 4) is 0 Å². The molecule has 0 spiro atoms. The molecule has 27 heavy (non-hydrogen) atoms. The Labute approximate surface area is 167 Å². The van der Waals surface area contributed by atoms with Crippen LogP contribution in [0.3, 0.4) is 0 Å². The van der Waals surface area contributed by atoms with Crippen LogP contribution in [0, 0.1) is 0 Å². The van der Waals surface area contributed by atoms with Crippen LogP contribution in [0.4, 0.5) is 0 Å². The second-order valence-corrected chi connectivity index (χ2v) is 12.2. The van der Waals surface area contributed by atoms with Gasteiger partial charge in [-0.25, -0.2) is 0 Å². The van der Waals surface area contributed by atoms with Crippen molar-refractivity contribution in [2.75, 3.05) is 21.3 Å². The van der Waals surface area contributed by atoms with E-state index in [0.29, 0.717) is 0 Å². The van der Waals surface area contributed by atoms with Gasteiger partial charge < -0.3 is 26.6 Å². The van der Waals surface area contributed by atoms with Crippen molar-refractivity contribution in [3.63, 3.8) is 0 Å². The van der Waals surface area contributed by atoms with Gasteiger partial charge in [0, 0.05) is 51.4 Å². The Bertz CT molecular complexity index is 457. The molecule has 158 valence electrons. The molecular formula is C19H38O6Si2. The van der Waals surface area contributed by atoms with Crippen LogP contribution >= 0.6 is 0 Å². The monoisotopic (exact) mass is 418 g/mol. The van der Waals surface area contributed by atoms with E-state index in [1.165, 1.54) is 0 Å². The SMILES string of the molecule is CC(C)O[Si](C)(OC(C)C)OC(C)C.CO[Si](OC)(OC)c1ccccc1. The van der Waals surface area contributed by atoms with Crippen LogP contribution in [-0.4, -0.2) is 57.3 Å². The zero-order chi connectivity index (χ0) is 21.1. The van der Waals surface area contributed by atoms with E-state index in [9.17, 15) is 0 Å². The first kappa shape index (κ1) is 26.4. The molecule has 0 bridgehead atoms. The Hall–Kier alpha value is -0.586. The van der Waals surface area contributed by atoms with Gasteiger partial charge in [-0.3, -0.25) is 0 Å². The van der Waals surface area contributed by atoms with E-state index in [2.05, 4.69) is 0 Å². The minimum absolute atomic E-state index is 0.143. The van der Waals surface area contributed by atoms with Gasteiger partial charge in [-0.15, -0.1) is 0 Å². The Morgan fingerprint density at radius 2 is 0.963 bits per heavy atom. The Balaban J connectivity index is 0.000000501. The third-order valence-electron chi connectivity index (χ3n) is 3.28. The third-order valence-corrected chi connectivity index (χ3v) is 8.63. The normalized spacial score (nSPS) is 12.5. The number of hydrogen-bond acceptors (Lipinski definition) is 6. The van der Waals surface area contributed by atoms with Gasteiger partial charge in [0.05, 0.1) is 0 Å². The molecule has 0 aromatic heterocycles. The fourth-order valence-electron chi connectivity index (χ4n) is 2.61. The summed E-state index contributed by atoms with van der Waals surface area (Å²) in [6.07, 6.45) is 0.428. The van der Waals surface area contributed by atoms with Gasteiger partial charge in [0.25, 0.3) is 0 Å². The largest absolute Gasteiger partial charge is 0.536 e. The summed E-state index contributed by atoms with van der Waals surface area (Å²) in [6, 6.07) is 9.72. The molecule has 6 nitrogen and oxygen atoms in total. The fraction of sp³-hybridized carbons (Fsp3) is 0.684. The maximum atomic E-state index is 5.75. The molecular weight excluding hydrogens is 380 g/mol. The minimum Gasteiger partial charge on any atom is -0.373 e. The van der Waals surface area contributed by atoms with Gasteiger partial charge in [-0.1, -0.05) is 30.3 Å². The average molecular weight is 419 g/mol. The van der Waals surface area contributed by atoms with Crippen LogP contribution in [0.15, 0.2) is 30.3 Å². The third kappa shape index (κ3) is 9.95. The lowest BCUT2D eigenvalue weighted by Crippen LogP contribution is -2.54. The maximum Gasteiger partial charge on any atom is 0.536 e. The lowest BCUT2D eigenvalue weighted by Gasteiger charge is -2.31. The molecule has 0 atom stereocenters. The lowest BCUT2D eigenvalue weighted by atomic mass is 10.4. The summed E-state index contributed by atoms with van der Waals surface area (Å²) in [5.41, 5.74) is 0. The van der Waals surface area contributed by atoms with Gasteiger partial charge in [0.1, 0.15) is 0 Å². The fourth-order valence-corrected chi connectivity index (χ4v) is 7.16. The minimum atomic E-state index is -2.59. The summed E-state index contributed by atoms with van der Waals surface area (Å²) in [5, 5.41) is 0.975. The molecule has 0 radical (unpaired) electrons. The molecule has 0 saturated carbocycles. The molecule has 0 heterocycles. The first-order chi connectivity index (χ1) is 12.5. The lowest BCUT2D eigenvalue weighted by molar-refractivity contribution is 0.00885. The summed E-state index contributed by atoms with van der Waals surface area (Å²) in [4.78, 5) is 0. The highest BCUT2D eigenvalue weighted by Crippen LogP contribution is 2.16. The first-order valence-corrected chi connectivity index (χ1v) is 13.2. The maximum absolute atomic E-state index is 5.75. The van der Waals surface area contributed by atoms with Crippen molar-refractivity contribution in [1.29, 1.82) is 0 Å². The molecule has 1 aromatic rings. The van der Waals surface area contributed by atoms with Crippen molar-refractivity contribution < 1.29 is 26.6 Å². The van der Waals surface area contributed by atoms with E-state index in [-0.39, 0.29) is 18.3 Å². The van der Waals surface area contributed by atoms with E-state index in [1.54, 1.807) is 21.3 Å². The Morgan fingerprint density at radius 1 is 0.630 bits per heavy atom. The highest BCUT2D eigenvalue weighted by atomic mass is 28.4. The zero-order valence-corrected chi connectivity index (χ0v) is 20.6. The molecule has 0 unspecified atom stereocenters. The van der Waals surface area contributed by atoms with Gasteiger partial charge >= 0.3 is 17.6 Å². The molecule has 0 amide bonds. The predicted molar refractivity (Wildman–Crippen MR) is 113 cm³/mol. The van der Waals surface area contributed by atoms with Crippen molar-refractivity contribution in [1.82, 2.24) is 0 Å². The molecule has 1 rings (SSSR count). The van der Waals surface area contributed by atoms with Crippen LogP contribution in [0.5, 0.6) is 0 Å². The summed E-state index contributed by atoms with van der Waals surface area (Å²) in [5.74, 6) is 0. The van der Waals surface area contributed by atoms with Gasteiger partial charge in [0.2, 0.25) is 0 Å². The Kier molecular flexibility index (Phi) is 12.5. The highest BCUT2D eigenvalue weighted by Gasteiger charge is 2.40. The smallest absolute Gasteiger partial charge is 0.373 e. The second-order valence-electron chi connectivity index (χ2n) is 6.90. The number of hydrogen-bond donors (Lipinski definition) is 0. The van der Waals surface area contributed by atoms with Crippen LogP contribution in [-0.2, 0) is 26.6 Å². The van der Waals surface area contributed by atoms with Crippen LogP contribution < -0.4 is 5.19 Å². The van der Waals surface area contributed by atoms with Gasteiger partial charge in [-0.2, -0.15) is 0 Å².